The van der Waals surface area contributed by atoms with Crippen LogP contribution in [-0.4, -0.2) is 38.6 Å². The van der Waals surface area contributed by atoms with Crippen LogP contribution in [0.2, 0.25) is 0 Å². The summed E-state index contributed by atoms with van der Waals surface area (Å²) in [5.74, 6) is 1.55. The highest BCUT2D eigenvalue weighted by molar-refractivity contribution is 5.74. The normalized spacial score (nSPS) is 17.9. The van der Waals surface area contributed by atoms with Crippen LogP contribution in [-0.2, 0) is 13.1 Å². The first-order valence-corrected chi connectivity index (χ1v) is 11.8. The van der Waals surface area contributed by atoms with Crippen LogP contribution in [0.4, 0.5) is 4.79 Å². The largest absolute Gasteiger partial charge is 0.334 e. The molecule has 1 aliphatic rings. The summed E-state index contributed by atoms with van der Waals surface area (Å²) in [6, 6.07) is 14.0. The van der Waals surface area contributed by atoms with Gasteiger partial charge < -0.3 is 10.6 Å². The predicted octanol–water partition coefficient (Wildman–Crippen LogP) is 4.30. The molecule has 3 aromatic rings. The number of benzene rings is 1. The molecular formula is C25H34N6O. The van der Waals surface area contributed by atoms with Crippen LogP contribution >= 0.6 is 0 Å². The van der Waals surface area contributed by atoms with Gasteiger partial charge in [0.15, 0.2) is 11.5 Å². The highest BCUT2D eigenvalue weighted by Gasteiger charge is 2.19. The number of hydrogen-bond donors (Lipinski definition) is 2. The lowest BCUT2D eigenvalue weighted by atomic mass is 9.99. The van der Waals surface area contributed by atoms with Gasteiger partial charge in [0.05, 0.1) is 6.04 Å². The van der Waals surface area contributed by atoms with Gasteiger partial charge in [0.2, 0.25) is 0 Å². The molecule has 3 heterocycles. The summed E-state index contributed by atoms with van der Waals surface area (Å²) >= 11 is 0. The molecule has 1 fully saturated rings. The number of carbonyl (C=O) groups is 1. The van der Waals surface area contributed by atoms with Crippen LogP contribution in [0.3, 0.4) is 0 Å². The average molecular weight is 435 g/mol. The van der Waals surface area contributed by atoms with Gasteiger partial charge in [-0.25, -0.2) is 4.79 Å². The highest BCUT2D eigenvalue weighted by Crippen LogP contribution is 2.19. The van der Waals surface area contributed by atoms with Gasteiger partial charge in [-0.1, -0.05) is 50.6 Å². The summed E-state index contributed by atoms with van der Waals surface area (Å²) in [5.41, 5.74) is 3.20. The Labute approximate surface area is 190 Å². The number of urea groups is 1. The van der Waals surface area contributed by atoms with Crippen molar-refractivity contribution in [1.29, 1.82) is 0 Å². The fourth-order valence-corrected chi connectivity index (χ4v) is 4.49. The number of carbonyl (C=O) groups excluding carboxylic acids is 1. The minimum absolute atomic E-state index is 0.188. The molecular weight excluding hydrogens is 400 g/mol. The molecule has 2 aromatic heterocycles. The summed E-state index contributed by atoms with van der Waals surface area (Å²) in [6.07, 6.45) is 6.30. The van der Waals surface area contributed by atoms with Crippen molar-refractivity contribution >= 4 is 11.7 Å². The van der Waals surface area contributed by atoms with E-state index in [2.05, 4.69) is 63.8 Å². The van der Waals surface area contributed by atoms with Crippen LogP contribution in [0.15, 0.2) is 48.7 Å². The van der Waals surface area contributed by atoms with Crippen molar-refractivity contribution < 1.29 is 4.79 Å². The Morgan fingerprint density at radius 2 is 1.97 bits per heavy atom. The molecule has 4 rings (SSSR count). The summed E-state index contributed by atoms with van der Waals surface area (Å²) in [4.78, 5) is 15.1. The van der Waals surface area contributed by atoms with Crippen molar-refractivity contribution in [1.82, 2.24) is 30.1 Å². The molecule has 0 radical (unpaired) electrons. The van der Waals surface area contributed by atoms with Gasteiger partial charge in [0, 0.05) is 25.8 Å². The maximum absolute atomic E-state index is 12.6. The van der Waals surface area contributed by atoms with E-state index in [4.69, 9.17) is 0 Å². The van der Waals surface area contributed by atoms with Gasteiger partial charge in [0.25, 0.3) is 0 Å². The molecule has 1 aromatic carbocycles. The van der Waals surface area contributed by atoms with Crippen LogP contribution in [0, 0.1) is 5.92 Å². The van der Waals surface area contributed by atoms with Gasteiger partial charge >= 0.3 is 6.03 Å². The molecule has 2 atom stereocenters. The number of nitrogens with zero attached hydrogens (tertiary/aromatic N) is 4. The Bertz CT molecular complexity index is 1010. The van der Waals surface area contributed by atoms with E-state index in [9.17, 15) is 4.79 Å². The first-order chi connectivity index (χ1) is 15.6. The third-order valence-corrected chi connectivity index (χ3v) is 6.16. The topological polar surface area (TPSA) is 74.6 Å². The zero-order valence-electron chi connectivity index (χ0n) is 19.1. The number of rotatable bonds is 8. The zero-order chi connectivity index (χ0) is 22.3. The number of fused-ring (bicyclic) bond motifs is 1. The summed E-state index contributed by atoms with van der Waals surface area (Å²) in [6.45, 7) is 8.30. The maximum Gasteiger partial charge on any atom is 0.315 e. The number of amides is 2. The minimum Gasteiger partial charge on any atom is -0.334 e. The lowest BCUT2D eigenvalue weighted by molar-refractivity contribution is 0.176. The molecule has 170 valence electrons. The van der Waals surface area contributed by atoms with E-state index in [0.717, 1.165) is 42.3 Å². The Morgan fingerprint density at radius 3 is 2.75 bits per heavy atom. The van der Waals surface area contributed by atoms with E-state index in [0.29, 0.717) is 6.54 Å². The van der Waals surface area contributed by atoms with E-state index in [1.165, 1.54) is 31.5 Å². The summed E-state index contributed by atoms with van der Waals surface area (Å²) < 4.78 is 1.93. The second kappa shape index (κ2) is 10.6. The zero-order valence-corrected chi connectivity index (χ0v) is 19.1. The van der Waals surface area contributed by atoms with Gasteiger partial charge in [-0.15, -0.1) is 10.2 Å². The van der Waals surface area contributed by atoms with Crippen molar-refractivity contribution in [2.75, 3.05) is 13.1 Å². The monoisotopic (exact) mass is 434 g/mol. The van der Waals surface area contributed by atoms with Gasteiger partial charge in [-0.3, -0.25) is 9.30 Å². The predicted molar refractivity (Wildman–Crippen MR) is 126 cm³/mol. The average Bonchev–Trinajstić information content (AvgIpc) is 3.23. The molecule has 2 unspecified atom stereocenters. The lowest BCUT2D eigenvalue weighted by Crippen LogP contribution is -2.38. The molecule has 2 amide bonds. The van der Waals surface area contributed by atoms with Crippen molar-refractivity contribution in [3.05, 3.63) is 65.6 Å². The SMILES string of the molecule is CCCC(NC(=O)NCc1ccc(CN2CCCC(C)C2)cc1)c1nnc2ccccn12. The third kappa shape index (κ3) is 5.65. The smallest absolute Gasteiger partial charge is 0.315 e. The third-order valence-electron chi connectivity index (χ3n) is 6.16. The van der Waals surface area contributed by atoms with E-state index in [1.807, 2.05) is 28.8 Å². The second-order valence-corrected chi connectivity index (χ2v) is 8.95. The van der Waals surface area contributed by atoms with Crippen LogP contribution in [0.25, 0.3) is 5.65 Å². The van der Waals surface area contributed by atoms with Gasteiger partial charge in [-0.2, -0.15) is 0 Å². The summed E-state index contributed by atoms with van der Waals surface area (Å²) in [5, 5.41) is 14.6. The molecule has 0 spiro atoms. The fraction of sp³-hybridized carbons (Fsp3) is 0.480. The highest BCUT2D eigenvalue weighted by atomic mass is 16.2. The lowest BCUT2D eigenvalue weighted by Gasteiger charge is -2.30. The van der Waals surface area contributed by atoms with E-state index < -0.39 is 0 Å². The number of aromatic nitrogens is 3. The number of piperidine rings is 1. The molecule has 2 N–H and O–H groups in total. The molecule has 0 bridgehead atoms. The minimum atomic E-state index is -0.192. The second-order valence-electron chi connectivity index (χ2n) is 8.95. The van der Waals surface area contributed by atoms with Crippen LogP contribution < -0.4 is 10.6 Å². The quantitative estimate of drug-likeness (QED) is 0.554. The summed E-state index contributed by atoms with van der Waals surface area (Å²) in [7, 11) is 0. The molecule has 1 saturated heterocycles. The van der Waals surface area contributed by atoms with Crippen molar-refractivity contribution in [2.24, 2.45) is 5.92 Å². The maximum atomic E-state index is 12.6. The first kappa shape index (κ1) is 22.3. The number of likely N-dealkylation sites (tertiary alicyclic amines) is 1. The molecule has 1 aliphatic heterocycles. The van der Waals surface area contributed by atoms with Crippen molar-refractivity contribution in [3.8, 4) is 0 Å². The Morgan fingerprint density at radius 1 is 1.16 bits per heavy atom. The standard InChI is InChI=1S/C25H34N6O/c1-3-7-22(24-29-28-23-9-4-5-15-31(23)24)27-25(32)26-16-20-10-12-21(13-11-20)18-30-14-6-8-19(2)17-30/h4-5,9-13,15,19,22H,3,6-8,14,16-18H2,1-2H3,(H2,26,27,32). The van der Waals surface area contributed by atoms with Crippen molar-refractivity contribution in [3.63, 3.8) is 0 Å². The first-order valence-electron chi connectivity index (χ1n) is 11.8. The van der Waals surface area contributed by atoms with Crippen molar-refractivity contribution in [2.45, 2.75) is 58.7 Å². The van der Waals surface area contributed by atoms with E-state index in [1.54, 1.807) is 0 Å². The van der Waals surface area contributed by atoms with Gasteiger partial charge in [-0.05, 0) is 55.0 Å². The fourth-order valence-electron chi connectivity index (χ4n) is 4.49. The Hall–Kier alpha value is -2.93. The number of hydrogen-bond acceptors (Lipinski definition) is 4. The number of nitrogens with one attached hydrogen (secondary N) is 2. The Balaban J connectivity index is 1.30. The van der Waals surface area contributed by atoms with Crippen LogP contribution in [0.5, 0.6) is 0 Å². The van der Waals surface area contributed by atoms with Gasteiger partial charge in [0.1, 0.15) is 0 Å². The Kier molecular flexibility index (Phi) is 7.37. The van der Waals surface area contributed by atoms with Crippen LogP contribution in [0.1, 0.15) is 62.5 Å². The molecule has 7 heteroatoms. The van der Waals surface area contributed by atoms with E-state index in [-0.39, 0.29) is 12.1 Å². The molecule has 32 heavy (non-hydrogen) atoms. The molecule has 0 aliphatic carbocycles. The number of pyridine rings is 1. The molecule has 7 nitrogen and oxygen atoms in total. The molecule has 0 saturated carbocycles. The van der Waals surface area contributed by atoms with E-state index >= 15 is 0 Å².